The van der Waals surface area contributed by atoms with E-state index in [-0.39, 0.29) is 0 Å². The Hall–Kier alpha value is -1.40. The zero-order chi connectivity index (χ0) is 16.8. The molecule has 0 radical (unpaired) electrons. The third kappa shape index (κ3) is 3.15. The predicted octanol–water partition coefficient (Wildman–Crippen LogP) is 2.07. The maximum absolute atomic E-state index is 12.3. The summed E-state index contributed by atoms with van der Waals surface area (Å²) in [5.41, 5.74) is 2.79. The lowest BCUT2D eigenvalue weighted by atomic mass is 9.96. The summed E-state index contributed by atoms with van der Waals surface area (Å²) in [5, 5.41) is 0. The highest BCUT2D eigenvalue weighted by Gasteiger charge is 2.50. The first kappa shape index (κ1) is 16.5. The van der Waals surface area contributed by atoms with Crippen molar-refractivity contribution < 1.29 is 13.2 Å². The number of amides is 1. The van der Waals surface area contributed by atoms with Crippen LogP contribution in [0.1, 0.15) is 55.1 Å². The molecule has 1 N–H and O–H groups in total. The molecule has 1 saturated carbocycles. The van der Waals surface area contributed by atoms with Crippen LogP contribution in [0.25, 0.3) is 0 Å². The fourth-order valence-electron chi connectivity index (χ4n) is 2.91. The van der Waals surface area contributed by atoms with Gasteiger partial charge in [-0.05, 0) is 63.3 Å². The third-order valence-corrected chi connectivity index (χ3v) is 7.23. The minimum atomic E-state index is -3.58. The normalized spacial score (nSPS) is 20.2. The van der Waals surface area contributed by atoms with Gasteiger partial charge in [-0.25, -0.2) is 13.1 Å². The number of carbonyl (C=O) groups is 1. The summed E-state index contributed by atoms with van der Waals surface area (Å²) in [6.07, 6.45) is 2.12. The van der Waals surface area contributed by atoms with Gasteiger partial charge in [0.15, 0.2) is 0 Å². The molecular formula is C17H24N2O3S. The number of hydrogen-bond donors (Lipinski definition) is 1. The molecular weight excluding hydrogens is 312 g/mol. The summed E-state index contributed by atoms with van der Waals surface area (Å²) >= 11 is 0. The van der Waals surface area contributed by atoms with E-state index in [0.29, 0.717) is 24.4 Å². The Labute approximate surface area is 138 Å². The summed E-state index contributed by atoms with van der Waals surface area (Å²) in [7, 11) is -3.58. The minimum Gasteiger partial charge on any atom is -0.296 e. The highest BCUT2D eigenvalue weighted by molar-refractivity contribution is 7.91. The number of fused-ring (bicyclic) bond motifs is 1. The molecule has 6 heteroatoms. The zero-order valence-corrected chi connectivity index (χ0v) is 14.7. The lowest BCUT2D eigenvalue weighted by Gasteiger charge is -2.32. The summed E-state index contributed by atoms with van der Waals surface area (Å²) < 4.78 is 25.8. The number of nitrogens with one attached hydrogen (secondary N) is 1. The highest BCUT2D eigenvalue weighted by atomic mass is 32.2. The molecule has 1 aliphatic heterocycles. The molecule has 0 bridgehead atoms. The molecule has 1 aromatic rings. The van der Waals surface area contributed by atoms with Crippen molar-refractivity contribution >= 4 is 15.9 Å². The standard InChI is InChI=1S/C17H24N2O3S/c1-12(2)19-9-6-13-10-14(4-5-15(13)11-19)16(20)18-23(21,22)17(3)7-8-17/h4-5,10,12H,6-9,11H2,1-3H3,(H,18,20). The van der Waals surface area contributed by atoms with E-state index in [1.54, 1.807) is 13.0 Å². The molecule has 2 aliphatic rings. The first-order valence-corrected chi connectivity index (χ1v) is 9.63. The van der Waals surface area contributed by atoms with Crippen molar-refractivity contribution in [1.82, 2.24) is 9.62 Å². The van der Waals surface area contributed by atoms with E-state index in [4.69, 9.17) is 0 Å². The van der Waals surface area contributed by atoms with Gasteiger partial charge in [-0.2, -0.15) is 0 Å². The Kier molecular flexibility index (Phi) is 4.01. The van der Waals surface area contributed by atoms with Gasteiger partial charge in [0.2, 0.25) is 10.0 Å². The average Bonchev–Trinajstić information content (AvgIpc) is 3.25. The average molecular weight is 336 g/mol. The Morgan fingerprint density at radius 1 is 1.26 bits per heavy atom. The van der Waals surface area contributed by atoms with Gasteiger partial charge < -0.3 is 0 Å². The van der Waals surface area contributed by atoms with Crippen LogP contribution in [0.5, 0.6) is 0 Å². The second kappa shape index (κ2) is 5.60. The van der Waals surface area contributed by atoms with Crippen LogP contribution in [0.4, 0.5) is 0 Å². The highest BCUT2D eigenvalue weighted by Crippen LogP contribution is 2.42. The van der Waals surface area contributed by atoms with Gasteiger partial charge in [-0.15, -0.1) is 0 Å². The fraction of sp³-hybridized carbons (Fsp3) is 0.588. The lowest BCUT2D eigenvalue weighted by molar-refractivity contribution is 0.0980. The third-order valence-electron chi connectivity index (χ3n) is 5.07. The van der Waals surface area contributed by atoms with Crippen LogP contribution in [0.15, 0.2) is 18.2 Å². The second-order valence-corrected chi connectivity index (χ2v) is 9.38. The van der Waals surface area contributed by atoms with E-state index in [9.17, 15) is 13.2 Å². The number of sulfonamides is 1. The fourth-order valence-corrected chi connectivity index (χ4v) is 4.15. The first-order chi connectivity index (χ1) is 10.7. The molecule has 23 heavy (non-hydrogen) atoms. The van der Waals surface area contributed by atoms with Gasteiger partial charge in [-0.3, -0.25) is 9.69 Å². The maximum atomic E-state index is 12.3. The van der Waals surface area contributed by atoms with Gasteiger partial charge in [0.1, 0.15) is 0 Å². The van der Waals surface area contributed by atoms with Gasteiger partial charge in [-0.1, -0.05) is 6.07 Å². The molecule has 0 aromatic heterocycles. The van der Waals surface area contributed by atoms with Crippen LogP contribution in [-0.4, -0.2) is 36.6 Å². The first-order valence-electron chi connectivity index (χ1n) is 8.14. The number of nitrogens with zero attached hydrogens (tertiary/aromatic N) is 1. The molecule has 126 valence electrons. The zero-order valence-electron chi connectivity index (χ0n) is 13.9. The SMILES string of the molecule is CC(C)N1CCc2cc(C(=O)NS(=O)(=O)C3(C)CC3)ccc2C1. The van der Waals surface area contributed by atoms with Crippen LogP contribution in [0.2, 0.25) is 0 Å². The minimum absolute atomic E-state index is 0.426. The van der Waals surface area contributed by atoms with Crippen molar-refractivity contribution in [3.8, 4) is 0 Å². The molecule has 1 amide bonds. The number of rotatable bonds is 4. The van der Waals surface area contributed by atoms with Gasteiger partial charge in [0, 0.05) is 24.7 Å². The molecule has 1 aliphatic carbocycles. The predicted molar refractivity (Wildman–Crippen MR) is 89.7 cm³/mol. The Bertz CT molecular complexity index is 736. The number of hydrogen-bond acceptors (Lipinski definition) is 4. The largest absolute Gasteiger partial charge is 0.296 e. The number of benzene rings is 1. The van der Waals surface area contributed by atoms with Crippen LogP contribution in [-0.2, 0) is 23.0 Å². The van der Waals surface area contributed by atoms with Gasteiger partial charge in [0.25, 0.3) is 5.91 Å². The van der Waals surface area contributed by atoms with E-state index in [1.165, 1.54) is 5.56 Å². The van der Waals surface area contributed by atoms with E-state index < -0.39 is 20.7 Å². The molecule has 1 aromatic carbocycles. The van der Waals surface area contributed by atoms with E-state index in [0.717, 1.165) is 25.1 Å². The van der Waals surface area contributed by atoms with Crippen LogP contribution in [0.3, 0.4) is 0 Å². The molecule has 0 atom stereocenters. The number of carbonyl (C=O) groups excluding carboxylic acids is 1. The molecule has 3 rings (SSSR count). The van der Waals surface area contributed by atoms with Crippen molar-refractivity contribution in [1.29, 1.82) is 0 Å². The van der Waals surface area contributed by atoms with Gasteiger partial charge >= 0.3 is 0 Å². The van der Waals surface area contributed by atoms with Crippen molar-refractivity contribution in [2.24, 2.45) is 0 Å². The smallest absolute Gasteiger partial charge is 0.264 e. The van der Waals surface area contributed by atoms with Crippen molar-refractivity contribution in [2.45, 2.75) is 57.4 Å². The Morgan fingerprint density at radius 3 is 2.57 bits per heavy atom. The topological polar surface area (TPSA) is 66.5 Å². The molecule has 0 unspecified atom stereocenters. The lowest BCUT2D eigenvalue weighted by Crippen LogP contribution is -2.38. The summed E-state index contributed by atoms with van der Waals surface area (Å²) in [6, 6.07) is 6.01. The summed E-state index contributed by atoms with van der Waals surface area (Å²) in [5.74, 6) is -0.521. The van der Waals surface area contributed by atoms with Crippen LogP contribution >= 0.6 is 0 Å². The van der Waals surface area contributed by atoms with Crippen molar-refractivity contribution in [2.75, 3.05) is 6.54 Å². The van der Waals surface area contributed by atoms with Gasteiger partial charge in [0.05, 0.1) is 4.75 Å². The van der Waals surface area contributed by atoms with Crippen LogP contribution in [0, 0.1) is 0 Å². The van der Waals surface area contributed by atoms with E-state index >= 15 is 0 Å². The monoisotopic (exact) mass is 336 g/mol. The summed E-state index contributed by atoms with van der Waals surface area (Å²) in [6.45, 7) is 7.87. The van der Waals surface area contributed by atoms with Crippen molar-refractivity contribution in [3.05, 3.63) is 34.9 Å². The van der Waals surface area contributed by atoms with E-state index in [2.05, 4.69) is 23.5 Å². The molecule has 5 nitrogen and oxygen atoms in total. The van der Waals surface area contributed by atoms with Crippen LogP contribution < -0.4 is 4.72 Å². The quantitative estimate of drug-likeness (QED) is 0.914. The molecule has 1 heterocycles. The maximum Gasteiger partial charge on any atom is 0.264 e. The van der Waals surface area contributed by atoms with Crippen molar-refractivity contribution in [3.63, 3.8) is 0 Å². The Balaban J connectivity index is 1.76. The second-order valence-electron chi connectivity index (χ2n) is 7.18. The summed E-state index contributed by atoms with van der Waals surface area (Å²) in [4.78, 5) is 14.7. The molecule has 1 fully saturated rings. The van der Waals surface area contributed by atoms with E-state index in [1.807, 2.05) is 12.1 Å². The Morgan fingerprint density at radius 2 is 1.96 bits per heavy atom. The molecule has 0 spiro atoms. The molecule has 0 saturated heterocycles.